The van der Waals surface area contributed by atoms with Gasteiger partial charge in [0.1, 0.15) is 0 Å². The molecule has 0 amide bonds. The minimum Gasteiger partial charge on any atom is -0.299 e. The zero-order valence-electron chi connectivity index (χ0n) is 7.22. The molecule has 0 bridgehead atoms. The summed E-state index contributed by atoms with van der Waals surface area (Å²) in [6.07, 6.45) is 2.91. The molecule has 0 rings (SSSR count). The molecule has 0 aliphatic carbocycles. The van der Waals surface area contributed by atoms with Crippen LogP contribution in [0.4, 0.5) is 0 Å². The van der Waals surface area contributed by atoms with Crippen LogP contribution in [-0.2, 0) is 4.79 Å². The SMILES string of the molecule is CC(C)C[C@H]([C]=O)N(C)C. The molecule has 1 atom stereocenters. The Hall–Kier alpha value is -0.370. The minimum atomic E-state index is -0.0278. The fraction of sp³-hybridized carbons (Fsp3) is 0.875. The summed E-state index contributed by atoms with van der Waals surface area (Å²) in [7, 11) is 3.80. The predicted octanol–water partition coefficient (Wildman–Crippen LogP) is 1.07. The Morgan fingerprint density at radius 1 is 1.40 bits per heavy atom. The van der Waals surface area contributed by atoms with E-state index in [1.54, 1.807) is 0 Å². The summed E-state index contributed by atoms with van der Waals surface area (Å²) in [6.45, 7) is 4.21. The van der Waals surface area contributed by atoms with Gasteiger partial charge in [0.2, 0.25) is 6.29 Å². The average molecular weight is 142 g/mol. The van der Waals surface area contributed by atoms with Crippen LogP contribution < -0.4 is 0 Å². The Balaban J connectivity index is 3.71. The second-order valence-electron chi connectivity index (χ2n) is 3.23. The molecule has 59 valence electrons. The highest BCUT2D eigenvalue weighted by molar-refractivity contribution is 5.58. The Morgan fingerprint density at radius 2 is 1.90 bits per heavy atom. The van der Waals surface area contributed by atoms with E-state index in [4.69, 9.17) is 0 Å². The third-order valence-electron chi connectivity index (χ3n) is 1.45. The van der Waals surface area contributed by atoms with Gasteiger partial charge in [-0.25, -0.2) is 0 Å². The lowest BCUT2D eigenvalue weighted by Gasteiger charge is -2.18. The molecule has 0 heterocycles. The van der Waals surface area contributed by atoms with Gasteiger partial charge in [0.25, 0.3) is 0 Å². The molecule has 0 saturated carbocycles. The van der Waals surface area contributed by atoms with E-state index < -0.39 is 0 Å². The summed E-state index contributed by atoms with van der Waals surface area (Å²) in [6, 6.07) is -0.0278. The second-order valence-corrected chi connectivity index (χ2v) is 3.23. The molecule has 0 saturated heterocycles. The van der Waals surface area contributed by atoms with Crippen LogP contribution in [0.1, 0.15) is 20.3 Å². The lowest BCUT2D eigenvalue weighted by molar-refractivity contribution is 0.308. The molecular weight excluding hydrogens is 126 g/mol. The van der Waals surface area contributed by atoms with Crippen LogP contribution in [0.25, 0.3) is 0 Å². The zero-order chi connectivity index (χ0) is 8.15. The maximum atomic E-state index is 10.3. The van der Waals surface area contributed by atoms with E-state index in [0.29, 0.717) is 5.92 Å². The van der Waals surface area contributed by atoms with Crippen LogP contribution in [0.5, 0.6) is 0 Å². The molecule has 10 heavy (non-hydrogen) atoms. The monoisotopic (exact) mass is 142 g/mol. The second kappa shape index (κ2) is 4.45. The van der Waals surface area contributed by atoms with Gasteiger partial charge in [-0.15, -0.1) is 0 Å². The van der Waals surface area contributed by atoms with Crippen LogP contribution in [-0.4, -0.2) is 31.3 Å². The van der Waals surface area contributed by atoms with Crippen LogP contribution in [0.2, 0.25) is 0 Å². The molecule has 0 aromatic heterocycles. The quantitative estimate of drug-likeness (QED) is 0.585. The van der Waals surface area contributed by atoms with Gasteiger partial charge in [-0.05, 0) is 26.4 Å². The van der Waals surface area contributed by atoms with Crippen LogP contribution in [0, 0.1) is 5.92 Å². The van der Waals surface area contributed by atoms with Gasteiger partial charge in [-0.1, -0.05) is 13.8 Å². The minimum absolute atomic E-state index is 0.0278. The first-order chi connectivity index (χ1) is 4.57. The number of hydrogen-bond donors (Lipinski definition) is 0. The number of carbonyl (C=O) groups excluding carboxylic acids is 1. The molecule has 0 unspecified atom stereocenters. The lowest BCUT2D eigenvalue weighted by atomic mass is 10.0. The van der Waals surface area contributed by atoms with Crippen molar-refractivity contribution in [1.82, 2.24) is 4.90 Å². The predicted molar refractivity (Wildman–Crippen MR) is 42.6 cm³/mol. The Morgan fingerprint density at radius 3 is 2.00 bits per heavy atom. The van der Waals surface area contributed by atoms with E-state index >= 15 is 0 Å². The van der Waals surface area contributed by atoms with Crippen LogP contribution in [0.3, 0.4) is 0 Å². The van der Waals surface area contributed by atoms with E-state index in [1.165, 1.54) is 0 Å². The molecule has 0 spiro atoms. The van der Waals surface area contributed by atoms with Gasteiger partial charge in [-0.3, -0.25) is 9.69 Å². The maximum Gasteiger partial charge on any atom is 0.217 e. The topological polar surface area (TPSA) is 20.3 Å². The van der Waals surface area contributed by atoms with E-state index in [2.05, 4.69) is 13.8 Å². The summed E-state index contributed by atoms with van der Waals surface area (Å²) in [5, 5.41) is 0. The maximum absolute atomic E-state index is 10.3. The smallest absolute Gasteiger partial charge is 0.217 e. The number of nitrogens with zero attached hydrogens (tertiary/aromatic N) is 1. The van der Waals surface area contributed by atoms with E-state index in [-0.39, 0.29) is 6.04 Å². The molecule has 1 radical (unpaired) electrons. The fourth-order valence-corrected chi connectivity index (χ4v) is 0.811. The Kier molecular flexibility index (Phi) is 4.28. The van der Waals surface area contributed by atoms with Crippen molar-refractivity contribution in [2.45, 2.75) is 26.3 Å². The summed E-state index contributed by atoms with van der Waals surface area (Å²) >= 11 is 0. The zero-order valence-corrected chi connectivity index (χ0v) is 7.22. The van der Waals surface area contributed by atoms with Crippen molar-refractivity contribution in [3.05, 3.63) is 0 Å². The summed E-state index contributed by atoms with van der Waals surface area (Å²) < 4.78 is 0. The van der Waals surface area contributed by atoms with Crippen molar-refractivity contribution in [2.24, 2.45) is 5.92 Å². The van der Waals surface area contributed by atoms with Crippen molar-refractivity contribution < 1.29 is 4.79 Å². The molecular formula is C8H16NO. The Labute approximate surface area is 63.2 Å². The summed E-state index contributed by atoms with van der Waals surface area (Å²) in [4.78, 5) is 12.2. The molecule has 0 aromatic carbocycles. The summed E-state index contributed by atoms with van der Waals surface area (Å²) in [5.41, 5.74) is 0. The first kappa shape index (κ1) is 9.63. The highest BCUT2D eigenvalue weighted by Crippen LogP contribution is 2.05. The van der Waals surface area contributed by atoms with E-state index in [0.717, 1.165) is 6.42 Å². The highest BCUT2D eigenvalue weighted by atomic mass is 16.1. The van der Waals surface area contributed by atoms with Gasteiger partial charge in [-0.2, -0.15) is 0 Å². The molecule has 2 heteroatoms. The van der Waals surface area contributed by atoms with Crippen molar-refractivity contribution >= 4 is 6.29 Å². The number of hydrogen-bond acceptors (Lipinski definition) is 2. The largest absolute Gasteiger partial charge is 0.299 e. The van der Waals surface area contributed by atoms with Crippen LogP contribution >= 0.6 is 0 Å². The van der Waals surface area contributed by atoms with Crippen molar-refractivity contribution in [1.29, 1.82) is 0 Å². The molecule has 0 aliphatic rings. The molecule has 0 aromatic rings. The van der Waals surface area contributed by atoms with Gasteiger partial charge < -0.3 is 0 Å². The van der Waals surface area contributed by atoms with Gasteiger partial charge in [0.05, 0.1) is 6.04 Å². The van der Waals surface area contributed by atoms with Crippen molar-refractivity contribution in [3.8, 4) is 0 Å². The first-order valence-electron chi connectivity index (χ1n) is 3.62. The highest BCUT2D eigenvalue weighted by Gasteiger charge is 2.11. The number of likely N-dealkylation sites (N-methyl/N-ethyl adjacent to an activating group) is 1. The van der Waals surface area contributed by atoms with E-state index in [1.807, 2.05) is 25.3 Å². The third-order valence-corrected chi connectivity index (χ3v) is 1.45. The van der Waals surface area contributed by atoms with E-state index in [9.17, 15) is 4.79 Å². The molecule has 0 fully saturated rings. The lowest BCUT2D eigenvalue weighted by Crippen LogP contribution is -2.30. The van der Waals surface area contributed by atoms with Gasteiger partial charge in [0, 0.05) is 0 Å². The standard InChI is InChI=1S/C8H16NO/c1-7(2)5-8(6-10)9(3)4/h7-8H,5H2,1-4H3/t8-/m1/s1. The molecule has 0 N–H and O–H groups in total. The van der Waals surface area contributed by atoms with Crippen molar-refractivity contribution in [2.75, 3.05) is 14.1 Å². The van der Waals surface area contributed by atoms with Crippen LogP contribution in [0.15, 0.2) is 0 Å². The van der Waals surface area contributed by atoms with Gasteiger partial charge in [0.15, 0.2) is 0 Å². The van der Waals surface area contributed by atoms with Crippen molar-refractivity contribution in [3.63, 3.8) is 0 Å². The van der Waals surface area contributed by atoms with Gasteiger partial charge >= 0.3 is 0 Å². The average Bonchev–Trinajstić information content (AvgIpc) is 1.81. The number of rotatable bonds is 4. The molecule has 0 aliphatic heterocycles. The fourth-order valence-electron chi connectivity index (χ4n) is 0.811. The first-order valence-corrected chi connectivity index (χ1v) is 3.62. The third kappa shape index (κ3) is 3.62. The Bertz CT molecular complexity index is 99.4. The normalized spacial score (nSPS) is 14.2. The summed E-state index contributed by atoms with van der Waals surface area (Å²) in [5.74, 6) is 0.564. The molecule has 2 nitrogen and oxygen atoms in total.